The molecular formula is C29H44OS. The summed E-state index contributed by atoms with van der Waals surface area (Å²) in [5.74, 6) is 1.76. The zero-order valence-electron chi connectivity index (χ0n) is 19.8. The molecule has 0 fully saturated rings. The van der Waals surface area contributed by atoms with Gasteiger partial charge in [-0.05, 0) is 35.2 Å². The van der Waals surface area contributed by atoms with Gasteiger partial charge in [0.15, 0.2) is 0 Å². The van der Waals surface area contributed by atoms with Crippen LogP contribution in [0.4, 0.5) is 0 Å². The van der Waals surface area contributed by atoms with Crippen LogP contribution in [0.3, 0.4) is 0 Å². The first kappa shape index (κ1) is 25.8. The summed E-state index contributed by atoms with van der Waals surface area (Å²) >= 11 is 4.32. The summed E-state index contributed by atoms with van der Waals surface area (Å²) in [6.07, 6.45) is 19.5. The Morgan fingerprint density at radius 2 is 0.968 bits per heavy atom. The Morgan fingerprint density at radius 1 is 0.548 bits per heavy atom. The highest BCUT2D eigenvalue weighted by Crippen LogP contribution is 2.23. The van der Waals surface area contributed by atoms with Crippen molar-refractivity contribution in [1.82, 2.24) is 0 Å². The summed E-state index contributed by atoms with van der Waals surface area (Å²) in [6.45, 7) is 3.12. The lowest BCUT2D eigenvalue weighted by Crippen LogP contribution is -1.97. The summed E-state index contributed by atoms with van der Waals surface area (Å²) in [4.78, 5) is 0. The Bertz CT molecular complexity index is 662. The van der Waals surface area contributed by atoms with Gasteiger partial charge in [0.05, 0.1) is 6.61 Å². The molecule has 0 aliphatic carbocycles. The molecule has 0 aliphatic rings. The highest BCUT2D eigenvalue weighted by molar-refractivity contribution is 7.79. The third-order valence-electron chi connectivity index (χ3n) is 6.09. The van der Waals surface area contributed by atoms with Crippen LogP contribution in [-0.4, -0.2) is 6.61 Å². The van der Waals surface area contributed by atoms with Crippen molar-refractivity contribution in [3.05, 3.63) is 54.1 Å². The first-order valence-corrected chi connectivity index (χ1v) is 13.4. The van der Waals surface area contributed by atoms with Crippen molar-refractivity contribution in [2.45, 2.75) is 103 Å². The molecule has 1 nitrogen and oxygen atoms in total. The van der Waals surface area contributed by atoms with Gasteiger partial charge in [-0.3, -0.25) is 0 Å². The monoisotopic (exact) mass is 440 g/mol. The molecule has 2 aromatic rings. The lowest BCUT2D eigenvalue weighted by molar-refractivity contribution is 0.304. The van der Waals surface area contributed by atoms with E-state index in [0.29, 0.717) is 0 Å². The fraction of sp³-hybridized carbons (Fsp3) is 0.586. The SMILES string of the molecule is CCCCCCCCCCCCCCCCOc1ccc(-c2ccc(CS)cc2)cc1. The lowest BCUT2D eigenvalue weighted by atomic mass is 10.0. The first-order valence-electron chi connectivity index (χ1n) is 12.8. The number of thiol groups is 1. The van der Waals surface area contributed by atoms with Crippen molar-refractivity contribution in [1.29, 1.82) is 0 Å². The van der Waals surface area contributed by atoms with E-state index in [2.05, 4.69) is 68.1 Å². The molecule has 0 N–H and O–H groups in total. The van der Waals surface area contributed by atoms with Crippen molar-refractivity contribution >= 4 is 12.6 Å². The molecule has 0 bridgehead atoms. The third kappa shape index (κ3) is 11.7. The zero-order valence-corrected chi connectivity index (χ0v) is 20.7. The van der Waals surface area contributed by atoms with E-state index in [0.717, 1.165) is 24.5 Å². The molecule has 2 heteroatoms. The minimum absolute atomic E-state index is 0.784. The highest BCUT2D eigenvalue weighted by Gasteiger charge is 2.00. The molecule has 2 aromatic carbocycles. The molecule has 0 amide bonds. The van der Waals surface area contributed by atoms with Crippen molar-refractivity contribution < 1.29 is 4.74 Å². The van der Waals surface area contributed by atoms with Gasteiger partial charge in [-0.25, -0.2) is 0 Å². The zero-order chi connectivity index (χ0) is 22.0. The average molecular weight is 441 g/mol. The van der Waals surface area contributed by atoms with E-state index in [4.69, 9.17) is 4.74 Å². The second-order valence-electron chi connectivity index (χ2n) is 8.82. The molecule has 0 unspecified atom stereocenters. The molecule has 0 saturated heterocycles. The quantitative estimate of drug-likeness (QED) is 0.179. The molecule has 172 valence electrons. The largest absolute Gasteiger partial charge is 0.494 e. The van der Waals surface area contributed by atoms with Gasteiger partial charge in [0.2, 0.25) is 0 Å². The van der Waals surface area contributed by atoms with Crippen molar-refractivity contribution in [3.63, 3.8) is 0 Å². The van der Waals surface area contributed by atoms with Gasteiger partial charge in [0, 0.05) is 5.75 Å². The minimum Gasteiger partial charge on any atom is -0.494 e. The van der Waals surface area contributed by atoms with Gasteiger partial charge in [-0.15, -0.1) is 0 Å². The first-order chi connectivity index (χ1) is 15.3. The van der Waals surface area contributed by atoms with Gasteiger partial charge in [0.25, 0.3) is 0 Å². The van der Waals surface area contributed by atoms with Gasteiger partial charge < -0.3 is 4.74 Å². The molecule has 0 spiro atoms. The van der Waals surface area contributed by atoms with E-state index in [-0.39, 0.29) is 0 Å². The maximum atomic E-state index is 5.93. The van der Waals surface area contributed by atoms with Crippen molar-refractivity contribution in [2.24, 2.45) is 0 Å². The average Bonchev–Trinajstić information content (AvgIpc) is 2.82. The molecule has 0 aromatic heterocycles. The summed E-state index contributed by atoms with van der Waals surface area (Å²) in [5.41, 5.74) is 3.72. The van der Waals surface area contributed by atoms with Gasteiger partial charge in [0.1, 0.15) is 5.75 Å². The van der Waals surface area contributed by atoms with Gasteiger partial charge in [-0.2, -0.15) is 12.6 Å². The second-order valence-corrected chi connectivity index (χ2v) is 9.14. The molecule has 31 heavy (non-hydrogen) atoms. The van der Waals surface area contributed by atoms with Crippen LogP contribution < -0.4 is 4.74 Å². The van der Waals surface area contributed by atoms with E-state index in [1.165, 1.54) is 100 Å². The molecule has 0 atom stereocenters. The predicted octanol–water partition coefficient (Wildman–Crippen LogP) is 9.64. The standard InChI is InChI=1S/C29H44OS/c1-2-3-4-5-6-7-8-9-10-11-12-13-14-15-24-30-29-22-20-28(21-23-29)27-18-16-26(25-31)17-19-27/h16-23,31H,2-15,24-25H2,1H3. The summed E-state index contributed by atoms with van der Waals surface area (Å²) in [5, 5.41) is 0. The normalized spacial score (nSPS) is 11.0. The van der Waals surface area contributed by atoms with E-state index >= 15 is 0 Å². The number of benzene rings is 2. The Hall–Kier alpha value is -1.41. The van der Waals surface area contributed by atoms with Crippen molar-refractivity contribution in [3.8, 4) is 16.9 Å². The van der Waals surface area contributed by atoms with Crippen LogP contribution >= 0.6 is 12.6 Å². The van der Waals surface area contributed by atoms with Crippen LogP contribution in [0.5, 0.6) is 5.75 Å². The number of ether oxygens (including phenoxy) is 1. The topological polar surface area (TPSA) is 9.23 Å². The van der Waals surface area contributed by atoms with Crippen LogP contribution in [0.25, 0.3) is 11.1 Å². The van der Waals surface area contributed by atoms with Crippen molar-refractivity contribution in [2.75, 3.05) is 6.61 Å². The van der Waals surface area contributed by atoms with E-state index in [1.54, 1.807) is 0 Å². The molecule has 0 heterocycles. The summed E-state index contributed by atoms with van der Waals surface area (Å²) in [6, 6.07) is 17.1. The number of rotatable bonds is 18. The smallest absolute Gasteiger partial charge is 0.119 e. The Kier molecular flexibility index (Phi) is 14.3. The molecule has 0 radical (unpaired) electrons. The summed E-state index contributed by atoms with van der Waals surface area (Å²) < 4.78 is 5.93. The number of hydrogen-bond acceptors (Lipinski definition) is 2. The maximum Gasteiger partial charge on any atom is 0.119 e. The van der Waals surface area contributed by atoms with Gasteiger partial charge >= 0.3 is 0 Å². The van der Waals surface area contributed by atoms with E-state index < -0.39 is 0 Å². The maximum absolute atomic E-state index is 5.93. The Labute approximate surface area is 197 Å². The van der Waals surface area contributed by atoms with Crippen LogP contribution in [-0.2, 0) is 5.75 Å². The van der Waals surface area contributed by atoms with Crippen LogP contribution in [0.2, 0.25) is 0 Å². The van der Waals surface area contributed by atoms with E-state index in [9.17, 15) is 0 Å². The molecular weight excluding hydrogens is 396 g/mol. The highest BCUT2D eigenvalue weighted by atomic mass is 32.1. The fourth-order valence-electron chi connectivity index (χ4n) is 4.03. The fourth-order valence-corrected chi connectivity index (χ4v) is 4.24. The van der Waals surface area contributed by atoms with E-state index in [1.807, 2.05) is 0 Å². The van der Waals surface area contributed by atoms with Gasteiger partial charge in [-0.1, -0.05) is 127 Å². The number of unbranched alkanes of at least 4 members (excludes halogenated alkanes) is 13. The lowest BCUT2D eigenvalue weighted by Gasteiger charge is -2.08. The molecule has 0 saturated carbocycles. The Morgan fingerprint density at radius 3 is 1.42 bits per heavy atom. The predicted molar refractivity (Wildman–Crippen MR) is 140 cm³/mol. The molecule has 2 rings (SSSR count). The van der Waals surface area contributed by atoms with Crippen LogP contribution in [0.1, 0.15) is 102 Å². The van der Waals surface area contributed by atoms with Crippen LogP contribution in [0.15, 0.2) is 48.5 Å². The summed E-state index contributed by atoms with van der Waals surface area (Å²) in [7, 11) is 0. The third-order valence-corrected chi connectivity index (χ3v) is 6.46. The van der Waals surface area contributed by atoms with Crippen LogP contribution in [0, 0.1) is 0 Å². The second kappa shape index (κ2) is 17.2. The molecule has 0 aliphatic heterocycles. The Balaban J connectivity index is 1.43. The minimum atomic E-state index is 0.784. The number of hydrogen-bond donors (Lipinski definition) is 1.